The highest BCUT2D eigenvalue weighted by Gasteiger charge is 2.39. The van der Waals surface area contributed by atoms with E-state index in [-0.39, 0.29) is 5.82 Å². The smallest absolute Gasteiger partial charge is 0.222 e. The molecule has 2 saturated heterocycles. The van der Waals surface area contributed by atoms with Gasteiger partial charge in [0.15, 0.2) is 0 Å². The molecule has 0 aromatic heterocycles. The highest BCUT2D eigenvalue weighted by Crippen LogP contribution is 2.42. The molecule has 0 bridgehead atoms. The normalized spacial score (nSPS) is 23.8. The second kappa shape index (κ2) is 7.06. The fraction of sp³-hybridized carbons (Fsp3) is 0.667. The molecule has 2 aliphatic heterocycles. The van der Waals surface area contributed by atoms with Gasteiger partial charge in [0.2, 0.25) is 5.91 Å². The summed E-state index contributed by atoms with van der Waals surface area (Å²) in [4.78, 5) is 16.9. The van der Waals surface area contributed by atoms with E-state index in [1.807, 2.05) is 6.07 Å². The lowest BCUT2D eigenvalue weighted by Crippen LogP contribution is -2.48. The monoisotopic (exact) mass is 344 g/mol. The second-order valence-electron chi connectivity index (χ2n) is 8.43. The van der Waals surface area contributed by atoms with Gasteiger partial charge in [0, 0.05) is 26.1 Å². The van der Waals surface area contributed by atoms with Gasteiger partial charge in [-0.1, -0.05) is 12.1 Å². The molecule has 0 atom stereocenters. The van der Waals surface area contributed by atoms with Gasteiger partial charge < -0.3 is 4.90 Å². The van der Waals surface area contributed by atoms with Crippen LogP contribution in [0.15, 0.2) is 24.3 Å². The minimum atomic E-state index is -0.144. The molecule has 25 heavy (non-hydrogen) atoms. The van der Waals surface area contributed by atoms with Gasteiger partial charge in [-0.05, 0) is 80.6 Å². The standard InChI is InChI=1S/C21H29FN2O/c22-19-3-1-2-18(14-19)16-23-10-6-21(7-11-23)8-12-24(13-9-21)20(25)15-17-4-5-17/h1-3,14,17H,4-13,15-16H2. The molecule has 1 aromatic rings. The van der Waals surface area contributed by atoms with Crippen molar-refractivity contribution in [2.75, 3.05) is 26.2 Å². The summed E-state index contributed by atoms with van der Waals surface area (Å²) in [5.41, 5.74) is 1.51. The number of halogens is 1. The number of hydrogen-bond acceptors (Lipinski definition) is 2. The Morgan fingerprint density at radius 2 is 1.76 bits per heavy atom. The summed E-state index contributed by atoms with van der Waals surface area (Å²) in [7, 11) is 0. The largest absolute Gasteiger partial charge is 0.343 e. The van der Waals surface area contributed by atoms with Gasteiger partial charge >= 0.3 is 0 Å². The van der Waals surface area contributed by atoms with Crippen LogP contribution in [0.2, 0.25) is 0 Å². The lowest BCUT2D eigenvalue weighted by atomic mass is 9.71. The number of benzene rings is 1. The van der Waals surface area contributed by atoms with Crippen molar-refractivity contribution in [2.24, 2.45) is 11.3 Å². The van der Waals surface area contributed by atoms with Gasteiger partial charge in [0.25, 0.3) is 0 Å². The molecule has 4 heteroatoms. The molecule has 0 unspecified atom stereocenters. The van der Waals surface area contributed by atoms with Crippen LogP contribution in [0.4, 0.5) is 4.39 Å². The summed E-state index contributed by atoms with van der Waals surface area (Å²) >= 11 is 0. The number of carbonyl (C=O) groups excluding carboxylic acids is 1. The molecule has 2 heterocycles. The van der Waals surface area contributed by atoms with Gasteiger partial charge in [0.05, 0.1) is 0 Å². The third kappa shape index (κ3) is 4.22. The molecule has 1 amide bonds. The van der Waals surface area contributed by atoms with Crippen LogP contribution in [0.25, 0.3) is 0 Å². The summed E-state index contributed by atoms with van der Waals surface area (Å²) in [5, 5.41) is 0. The van der Waals surface area contributed by atoms with Crippen molar-refractivity contribution in [1.82, 2.24) is 9.80 Å². The second-order valence-corrected chi connectivity index (χ2v) is 8.43. The van der Waals surface area contributed by atoms with Crippen LogP contribution < -0.4 is 0 Å². The third-order valence-corrected chi connectivity index (χ3v) is 6.55. The van der Waals surface area contributed by atoms with Crippen LogP contribution in [0.1, 0.15) is 50.5 Å². The first kappa shape index (κ1) is 17.0. The lowest BCUT2D eigenvalue weighted by Gasteiger charge is -2.47. The van der Waals surface area contributed by atoms with Crippen molar-refractivity contribution < 1.29 is 9.18 Å². The van der Waals surface area contributed by atoms with Crippen LogP contribution in [-0.2, 0) is 11.3 Å². The first-order valence-corrected chi connectivity index (χ1v) is 9.87. The molecular weight excluding hydrogens is 315 g/mol. The molecule has 3 nitrogen and oxygen atoms in total. The topological polar surface area (TPSA) is 23.6 Å². The van der Waals surface area contributed by atoms with E-state index in [4.69, 9.17) is 0 Å². The van der Waals surface area contributed by atoms with E-state index in [9.17, 15) is 9.18 Å². The van der Waals surface area contributed by atoms with E-state index in [1.54, 1.807) is 12.1 Å². The molecule has 1 saturated carbocycles. The molecule has 136 valence electrons. The Hall–Kier alpha value is -1.42. The molecule has 0 radical (unpaired) electrons. The SMILES string of the molecule is O=C(CC1CC1)N1CCC2(CCN(Cc3cccc(F)c3)CC2)CC1. The van der Waals surface area contributed by atoms with Gasteiger partial charge in [0.1, 0.15) is 5.82 Å². The number of amides is 1. The van der Waals surface area contributed by atoms with E-state index in [0.717, 1.165) is 57.5 Å². The molecule has 3 aliphatic rings. The minimum Gasteiger partial charge on any atom is -0.343 e. The van der Waals surface area contributed by atoms with Gasteiger partial charge in [-0.25, -0.2) is 4.39 Å². The summed E-state index contributed by atoms with van der Waals surface area (Å²) in [6.45, 7) is 4.93. The van der Waals surface area contributed by atoms with Crippen LogP contribution in [0.3, 0.4) is 0 Å². The Bertz CT molecular complexity index is 610. The van der Waals surface area contributed by atoms with Crippen LogP contribution in [0, 0.1) is 17.2 Å². The molecule has 1 spiro atoms. The van der Waals surface area contributed by atoms with Gasteiger partial charge in [-0.3, -0.25) is 9.69 Å². The number of nitrogens with zero attached hydrogens (tertiary/aromatic N) is 2. The maximum absolute atomic E-state index is 13.3. The Kier molecular flexibility index (Phi) is 4.81. The Balaban J connectivity index is 1.25. The third-order valence-electron chi connectivity index (χ3n) is 6.55. The van der Waals surface area contributed by atoms with Crippen molar-refractivity contribution in [3.8, 4) is 0 Å². The van der Waals surface area contributed by atoms with Gasteiger partial charge in [-0.15, -0.1) is 0 Å². The van der Waals surface area contributed by atoms with Gasteiger partial charge in [-0.2, -0.15) is 0 Å². The van der Waals surface area contributed by atoms with Crippen molar-refractivity contribution >= 4 is 5.91 Å². The fourth-order valence-corrected chi connectivity index (χ4v) is 4.51. The van der Waals surface area contributed by atoms with Crippen LogP contribution in [0.5, 0.6) is 0 Å². The number of likely N-dealkylation sites (tertiary alicyclic amines) is 2. The summed E-state index contributed by atoms with van der Waals surface area (Å²) in [6.07, 6.45) is 8.05. The first-order chi connectivity index (χ1) is 12.1. The number of piperidine rings is 2. The highest BCUT2D eigenvalue weighted by molar-refractivity contribution is 5.76. The summed E-state index contributed by atoms with van der Waals surface area (Å²) in [6, 6.07) is 6.96. The van der Waals surface area contributed by atoms with Crippen LogP contribution in [-0.4, -0.2) is 41.9 Å². The average Bonchev–Trinajstić information content (AvgIpc) is 3.42. The zero-order chi connectivity index (χ0) is 17.3. The van der Waals surface area contributed by atoms with E-state index < -0.39 is 0 Å². The zero-order valence-electron chi connectivity index (χ0n) is 15.1. The first-order valence-electron chi connectivity index (χ1n) is 9.87. The highest BCUT2D eigenvalue weighted by atomic mass is 19.1. The Labute approximate surface area is 150 Å². The summed E-state index contributed by atoms with van der Waals surface area (Å²) < 4.78 is 13.3. The maximum Gasteiger partial charge on any atom is 0.222 e. The fourth-order valence-electron chi connectivity index (χ4n) is 4.51. The number of carbonyl (C=O) groups is 1. The van der Waals surface area contributed by atoms with E-state index in [2.05, 4.69) is 9.80 Å². The van der Waals surface area contributed by atoms with Crippen molar-refractivity contribution in [2.45, 2.75) is 51.5 Å². The van der Waals surface area contributed by atoms with Crippen molar-refractivity contribution in [3.05, 3.63) is 35.6 Å². The Morgan fingerprint density at radius 3 is 2.40 bits per heavy atom. The van der Waals surface area contributed by atoms with E-state index in [1.165, 1.54) is 31.7 Å². The maximum atomic E-state index is 13.3. The lowest BCUT2D eigenvalue weighted by molar-refractivity contribution is -0.134. The average molecular weight is 344 g/mol. The van der Waals surface area contributed by atoms with Crippen molar-refractivity contribution in [1.29, 1.82) is 0 Å². The van der Waals surface area contributed by atoms with Crippen LogP contribution >= 0.6 is 0 Å². The predicted octanol–water partition coefficient (Wildman–Crippen LogP) is 3.83. The molecule has 4 rings (SSSR count). The van der Waals surface area contributed by atoms with Crippen molar-refractivity contribution in [3.63, 3.8) is 0 Å². The molecular formula is C21H29FN2O. The van der Waals surface area contributed by atoms with E-state index in [0.29, 0.717) is 17.2 Å². The molecule has 0 N–H and O–H groups in total. The van der Waals surface area contributed by atoms with E-state index >= 15 is 0 Å². The summed E-state index contributed by atoms with van der Waals surface area (Å²) in [5.74, 6) is 0.935. The number of hydrogen-bond donors (Lipinski definition) is 0. The minimum absolute atomic E-state index is 0.144. The quantitative estimate of drug-likeness (QED) is 0.829. The zero-order valence-corrected chi connectivity index (χ0v) is 15.1. The molecule has 3 fully saturated rings. The molecule has 1 aliphatic carbocycles. The number of rotatable bonds is 4. The Morgan fingerprint density at radius 1 is 1.08 bits per heavy atom. The molecule has 1 aromatic carbocycles. The predicted molar refractivity (Wildman–Crippen MR) is 96.5 cm³/mol.